The Morgan fingerprint density at radius 2 is 1.09 bits per heavy atom. The Labute approximate surface area is 133 Å². The van der Waals surface area contributed by atoms with Gasteiger partial charge in [0.2, 0.25) is 0 Å². The van der Waals surface area contributed by atoms with E-state index in [0.717, 1.165) is 25.7 Å². The van der Waals surface area contributed by atoms with E-state index >= 15 is 0 Å². The summed E-state index contributed by atoms with van der Waals surface area (Å²) in [6, 6.07) is 20.5. The predicted octanol–water partition coefficient (Wildman–Crippen LogP) is 4.50. The predicted molar refractivity (Wildman–Crippen MR) is 90.6 cm³/mol. The van der Waals surface area contributed by atoms with Gasteiger partial charge in [-0.3, -0.25) is 0 Å². The lowest BCUT2D eigenvalue weighted by atomic mass is 10.1. The topological polar surface area (TPSA) is 38.7 Å². The fourth-order valence-corrected chi connectivity index (χ4v) is 2.81. The minimum atomic E-state index is -1.74. The highest BCUT2D eigenvalue weighted by Crippen LogP contribution is 2.33. The minimum Gasteiger partial charge on any atom is -0.328 e. The van der Waals surface area contributed by atoms with Crippen LogP contribution < -0.4 is 0 Å². The van der Waals surface area contributed by atoms with Crippen molar-refractivity contribution in [2.75, 3.05) is 13.2 Å². The molecule has 0 aromatic heterocycles. The van der Waals surface area contributed by atoms with Gasteiger partial charge in [-0.25, -0.2) is 0 Å². The molecule has 4 heteroatoms. The molecule has 22 heavy (non-hydrogen) atoms. The quantitative estimate of drug-likeness (QED) is 0.517. The average molecular weight is 318 g/mol. The Balaban J connectivity index is 1.48. The molecule has 0 aliphatic carbocycles. The number of aryl methyl sites for hydroxylation is 2. The van der Waals surface area contributed by atoms with Crippen molar-refractivity contribution in [1.29, 1.82) is 0 Å². The van der Waals surface area contributed by atoms with Gasteiger partial charge in [0.25, 0.3) is 0 Å². The van der Waals surface area contributed by atoms with Crippen LogP contribution in [0.25, 0.3) is 0 Å². The third-order valence-electron chi connectivity index (χ3n) is 3.31. The highest BCUT2D eigenvalue weighted by Gasteiger charge is 2.06. The molecule has 0 amide bonds. The van der Waals surface area contributed by atoms with Crippen molar-refractivity contribution in [2.24, 2.45) is 0 Å². The van der Waals surface area contributed by atoms with Gasteiger partial charge in [0.05, 0.1) is 13.2 Å². The normalized spacial score (nSPS) is 11.0. The van der Waals surface area contributed by atoms with Crippen LogP contribution in [0.15, 0.2) is 60.7 Å². The van der Waals surface area contributed by atoms with Gasteiger partial charge in [-0.15, -0.1) is 0 Å². The standard InChI is InChI=1S/C18H23O3P/c19-22(20-15-7-13-17-9-3-1-4-10-17)21-16-8-14-18-11-5-2-6-12-18/h1-6,9-12,19H,7-8,13-16H2. The van der Waals surface area contributed by atoms with Gasteiger partial charge < -0.3 is 13.9 Å². The van der Waals surface area contributed by atoms with E-state index in [1.165, 1.54) is 11.1 Å². The number of hydrogen-bond donors (Lipinski definition) is 1. The fourth-order valence-electron chi connectivity index (χ4n) is 2.16. The van der Waals surface area contributed by atoms with Crippen molar-refractivity contribution in [3.63, 3.8) is 0 Å². The Bertz CT molecular complexity index is 457. The molecule has 0 fully saturated rings. The third kappa shape index (κ3) is 7.15. The molecule has 0 unspecified atom stereocenters. The summed E-state index contributed by atoms with van der Waals surface area (Å²) in [5.74, 6) is 0. The second-order valence-corrected chi connectivity index (χ2v) is 6.07. The van der Waals surface area contributed by atoms with Gasteiger partial charge in [-0.2, -0.15) is 0 Å². The first-order valence-corrected chi connectivity index (χ1v) is 8.80. The van der Waals surface area contributed by atoms with Gasteiger partial charge >= 0.3 is 8.60 Å². The van der Waals surface area contributed by atoms with E-state index in [2.05, 4.69) is 24.3 Å². The van der Waals surface area contributed by atoms with Crippen molar-refractivity contribution < 1.29 is 13.9 Å². The van der Waals surface area contributed by atoms with E-state index in [9.17, 15) is 4.89 Å². The molecule has 2 aromatic carbocycles. The minimum absolute atomic E-state index is 0.524. The van der Waals surface area contributed by atoms with E-state index in [-0.39, 0.29) is 0 Å². The van der Waals surface area contributed by atoms with Crippen molar-refractivity contribution in [3.05, 3.63) is 71.8 Å². The highest BCUT2D eigenvalue weighted by atomic mass is 31.2. The molecule has 0 aliphatic rings. The number of rotatable bonds is 10. The van der Waals surface area contributed by atoms with Gasteiger partial charge in [0, 0.05) is 0 Å². The van der Waals surface area contributed by atoms with Crippen LogP contribution >= 0.6 is 8.60 Å². The molecular weight excluding hydrogens is 295 g/mol. The summed E-state index contributed by atoms with van der Waals surface area (Å²) < 4.78 is 10.6. The van der Waals surface area contributed by atoms with Crippen LogP contribution in [-0.4, -0.2) is 18.1 Å². The average Bonchev–Trinajstić information content (AvgIpc) is 2.57. The summed E-state index contributed by atoms with van der Waals surface area (Å²) in [6.45, 7) is 1.05. The Morgan fingerprint density at radius 1 is 0.682 bits per heavy atom. The Kier molecular flexibility index (Phi) is 8.14. The van der Waals surface area contributed by atoms with E-state index in [4.69, 9.17) is 9.05 Å². The van der Waals surface area contributed by atoms with Crippen molar-refractivity contribution in [1.82, 2.24) is 0 Å². The van der Waals surface area contributed by atoms with Crippen LogP contribution in [0, 0.1) is 0 Å². The zero-order chi connectivity index (χ0) is 15.5. The molecule has 0 radical (unpaired) electrons. The lowest BCUT2D eigenvalue weighted by molar-refractivity contribution is 0.197. The summed E-state index contributed by atoms with van der Waals surface area (Å²) in [6.07, 6.45) is 3.68. The Hall–Kier alpha value is -1.25. The first-order chi connectivity index (χ1) is 10.8. The molecule has 2 aromatic rings. The van der Waals surface area contributed by atoms with Crippen LogP contribution in [0.5, 0.6) is 0 Å². The van der Waals surface area contributed by atoms with Gasteiger partial charge in [-0.1, -0.05) is 60.7 Å². The zero-order valence-electron chi connectivity index (χ0n) is 12.7. The van der Waals surface area contributed by atoms with Crippen molar-refractivity contribution in [2.45, 2.75) is 25.7 Å². The number of benzene rings is 2. The maximum Gasteiger partial charge on any atom is 0.329 e. The molecule has 1 N–H and O–H groups in total. The first-order valence-electron chi connectivity index (χ1n) is 7.67. The molecule has 0 bridgehead atoms. The van der Waals surface area contributed by atoms with Crippen LogP contribution in [0.1, 0.15) is 24.0 Å². The summed E-state index contributed by atoms with van der Waals surface area (Å²) in [5.41, 5.74) is 2.58. The summed E-state index contributed by atoms with van der Waals surface area (Å²) in [5, 5.41) is 0. The fraction of sp³-hybridized carbons (Fsp3) is 0.333. The largest absolute Gasteiger partial charge is 0.329 e. The SMILES string of the molecule is OP(OCCCc1ccccc1)OCCCc1ccccc1. The molecule has 2 rings (SSSR count). The van der Waals surface area contributed by atoms with Gasteiger partial charge in [-0.05, 0) is 36.8 Å². The molecule has 0 aliphatic heterocycles. The molecule has 118 valence electrons. The van der Waals surface area contributed by atoms with E-state index < -0.39 is 8.60 Å². The molecule has 0 saturated carbocycles. The van der Waals surface area contributed by atoms with Crippen molar-refractivity contribution in [3.8, 4) is 0 Å². The smallest absolute Gasteiger partial charge is 0.328 e. The number of hydrogen-bond acceptors (Lipinski definition) is 3. The summed E-state index contributed by atoms with van der Waals surface area (Å²) in [7, 11) is -1.74. The molecule has 0 atom stereocenters. The molecular formula is C18H23O3P. The lowest BCUT2D eigenvalue weighted by Crippen LogP contribution is -1.98. The van der Waals surface area contributed by atoms with E-state index in [1.54, 1.807) is 0 Å². The monoisotopic (exact) mass is 318 g/mol. The zero-order valence-corrected chi connectivity index (χ0v) is 13.6. The highest BCUT2D eigenvalue weighted by molar-refractivity contribution is 7.40. The van der Waals surface area contributed by atoms with Crippen LogP contribution in [0.2, 0.25) is 0 Å². The van der Waals surface area contributed by atoms with Crippen LogP contribution in [0.4, 0.5) is 0 Å². The van der Waals surface area contributed by atoms with E-state index in [0.29, 0.717) is 13.2 Å². The summed E-state index contributed by atoms with van der Waals surface area (Å²) in [4.78, 5) is 9.66. The maximum absolute atomic E-state index is 9.66. The molecule has 0 spiro atoms. The molecule has 0 saturated heterocycles. The second kappa shape index (κ2) is 10.5. The lowest BCUT2D eigenvalue weighted by Gasteiger charge is -2.10. The molecule has 3 nitrogen and oxygen atoms in total. The van der Waals surface area contributed by atoms with Crippen LogP contribution in [0.3, 0.4) is 0 Å². The van der Waals surface area contributed by atoms with Gasteiger partial charge in [0.15, 0.2) is 0 Å². The van der Waals surface area contributed by atoms with Crippen LogP contribution in [-0.2, 0) is 21.9 Å². The Morgan fingerprint density at radius 3 is 1.50 bits per heavy atom. The van der Waals surface area contributed by atoms with E-state index in [1.807, 2.05) is 36.4 Å². The molecule has 0 heterocycles. The second-order valence-electron chi connectivity index (χ2n) is 5.08. The first kappa shape index (κ1) is 17.1. The maximum atomic E-state index is 9.66. The van der Waals surface area contributed by atoms with Gasteiger partial charge in [0.1, 0.15) is 0 Å². The summed E-state index contributed by atoms with van der Waals surface area (Å²) >= 11 is 0. The van der Waals surface area contributed by atoms with Crippen molar-refractivity contribution >= 4 is 8.60 Å². The third-order valence-corrected chi connectivity index (χ3v) is 4.12.